The van der Waals surface area contributed by atoms with Gasteiger partial charge in [0.1, 0.15) is 11.2 Å². The minimum Gasteiger partial charge on any atom is -0.297 e. The van der Waals surface area contributed by atoms with E-state index in [1.54, 1.807) is 13.0 Å². The van der Waals surface area contributed by atoms with E-state index in [1.165, 1.54) is 35.0 Å². The molecule has 0 bridgehead atoms. The van der Waals surface area contributed by atoms with Crippen LogP contribution in [0.1, 0.15) is 63.9 Å². The van der Waals surface area contributed by atoms with Crippen LogP contribution in [0.5, 0.6) is 0 Å². The third-order valence-corrected chi connectivity index (χ3v) is 5.86. The Labute approximate surface area is 184 Å². The first-order valence-electron chi connectivity index (χ1n) is 9.42. The summed E-state index contributed by atoms with van der Waals surface area (Å²) in [6, 6.07) is 7.42. The summed E-state index contributed by atoms with van der Waals surface area (Å²) < 4.78 is 40.7. The van der Waals surface area contributed by atoms with E-state index in [4.69, 9.17) is 8.37 Å². The summed E-state index contributed by atoms with van der Waals surface area (Å²) in [5.41, 5.74) is -0.438. The van der Waals surface area contributed by atoms with Gasteiger partial charge in [-0.3, -0.25) is 26.3 Å². The number of benzene rings is 1. The van der Waals surface area contributed by atoms with Crippen LogP contribution in [0.4, 0.5) is 0 Å². The number of fused-ring (bicyclic) bond motifs is 1. The van der Waals surface area contributed by atoms with Crippen molar-refractivity contribution in [3.05, 3.63) is 35.4 Å². The average Bonchev–Trinajstić information content (AvgIpc) is 2.72. The predicted molar refractivity (Wildman–Crippen MR) is 116 cm³/mol. The van der Waals surface area contributed by atoms with Gasteiger partial charge in [-0.1, -0.05) is 38.1 Å². The molecule has 0 aliphatic heterocycles. The van der Waals surface area contributed by atoms with Gasteiger partial charge in [-0.05, 0) is 46.1 Å². The lowest BCUT2D eigenvalue weighted by Gasteiger charge is -2.31. The highest BCUT2D eigenvalue weighted by Gasteiger charge is 2.41. The second-order valence-corrected chi connectivity index (χ2v) is 8.51. The summed E-state index contributed by atoms with van der Waals surface area (Å²) in [7, 11) is 2.52. The smallest absolute Gasteiger partial charge is 0.297 e. The molecular formula is C20H32O8S2. The summed E-state index contributed by atoms with van der Waals surface area (Å²) in [5.74, 6) is -0.326. The molecule has 0 spiro atoms. The number of aryl methyl sites for hydroxylation is 1. The van der Waals surface area contributed by atoms with Crippen LogP contribution in [-0.4, -0.2) is 45.4 Å². The van der Waals surface area contributed by atoms with Crippen LogP contribution < -0.4 is 0 Å². The molecule has 1 aliphatic carbocycles. The fourth-order valence-electron chi connectivity index (χ4n) is 2.26. The standard InChI is InChI=1S/C12H14O4S.C6H12O4S.C2H6/c1-12(16-17(14)15-2)8-7-9-5-3-4-6-10(9)11(12)13;1-5(7)6(2,3)10-11(8)9-4;1-2/h3-6H,7-8H2,1-2H3;1-4H3;1-2H3. The number of hydrogen-bond acceptors (Lipinski definition) is 8. The minimum absolute atomic E-state index is 0.134. The highest BCUT2D eigenvalue weighted by Crippen LogP contribution is 2.32. The molecule has 0 radical (unpaired) electrons. The van der Waals surface area contributed by atoms with Gasteiger partial charge in [-0.15, -0.1) is 0 Å². The molecule has 3 unspecified atom stereocenters. The zero-order valence-electron chi connectivity index (χ0n) is 18.8. The van der Waals surface area contributed by atoms with Crippen molar-refractivity contribution in [1.82, 2.24) is 0 Å². The summed E-state index contributed by atoms with van der Waals surface area (Å²) >= 11 is -3.72. The van der Waals surface area contributed by atoms with Crippen LogP contribution in [-0.2, 0) is 50.7 Å². The quantitative estimate of drug-likeness (QED) is 0.604. The Balaban J connectivity index is 0.000000565. The van der Waals surface area contributed by atoms with Gasteiger partial charge in [0.25, 0.3) is 0 Å². The molecule has 0 N–H and O–H groups in total. The van der Waals surface area contributed by atoms with Crippen LogP contribution in [0, 0.1) is 0 Å². The summed E-state index contributed by atoms with van der Waals surface area (Å²) in [6.45, 7) is 10.1. The van der Waals surface area contributed by atoms with Gasteiger partial charge in [0.05, 0.1) is 14.2 Å². The summed E-state index contributed by atoms with van der Waals surface area (Å²) in [6.07, 6.45) is 1.25. The van der Waals surface area contributed by atoms with Gasteiger partial charge >= 0.3 is 22.7 Å². The van der Waals surface area contributed by atoms with Crippen LogP contribution in [0.3, 0.4) is 0 Å². The maximum Gasteiger partial charge on any atom is 0.305 e. The topological polar surface area (TPSA) is 105 Å². The lowest BCUT2D eigenvalue weighted by atomic mass is 9.81. The Hall–Kier alpha value is -1.30. The molecule has 1 aromatic carbocycles. The molecule has 0 heterocycles. The number of hydrogen-bond donors (Lipinski definition) is 0. The Kier molecular flexibility index (Phi) is 12.6. The summed E-state index contributed by atoms with van der Waals surface area (Å²) in [5, 5.41) is 0. The Morgan fingerprint density at radius 3 is 2.10 bits per heavy atom. The number of ketones is 2. The van der Waals surface area contributed by atoms with Crippen LogP contribution >= 0.6 is 0 Å². The van der Waals surface area contributed by atoms with Crippen molar-refractivity contribution < 1.29 is 34.7 Å². The maximum absolute atomic E-state index is 12.3. The van der Waals surface area contributed by atoms with Crippen molar-refractivity contribution in [2.75, 3.05) is 14.2 Å². The van der Waals surface area contributed by atoms with E-state index in [0.717, 1.165) is 12.0 Å². The monoisotopic (exact) mass is 464 g/mol. The van der Waals surface area contributed by atoms with E-state index in [2.05, 4.69) is 8.37 Å². The molecule has 2 rings (SSSR count). The molecule has 3 atom stereocenters. The predicted octanol–water partition coefficient (Wildman–Crippen LogP) is 3.44. The molecule has 10 heteroatoms. The summed E-state index contributed by atoms with van der Waals surface area (Å²) in [4.78, 5) is 23.1. The third kappa shape index (κ3) is 8.44. The second-order valence-electron chi connectivity index (χ2n) is 6.69. The Morgan fingerprint density at radius 1 is 1.07 bits per heavy atom. The largest absolute Gasteiger partial charge is 0.305 e. The number of carbonyl (C=O) groups is 2. The molecule has 1 aliphatic rings. The van der Waals surface area contributed by atoms with Crippen molar-refractivity contribution in [3.8, 4) is 0 Å². The number of rotatable bonds is 7. The highest BCUT2D eigenvalue weighted by molar-refractivity contribution is 7.75. The zero-order valence-corrected chi connectivity index (χ0v) is 20.4. The first kappa shape index (κ1) is 28.7. The molecular weight excluding hydrogens is 432 g/mol. The fraction of sp³-hybridized carbons (Fsp3) is 0.600. The first-order valence-corrected chi connectivity index (χ1v) is 11.4. The molecule has 0 saturated heterocycles. The van der Waals surface area contributed by atoms with Crippen molar-refractivity contribution in [2.24, 2.45) is 0 Å². The van der Waals surface area contributed by atoms with E-state index in [9.17, 15) is 18.0 Å². The molecule has 0 amide bonds. The molecule has 1 aromatic rings. The van der Waals surface area contributed by atoms with E-state index in [-0.39, 0.29) is 11.6 Å². The van der Waals surface area contributed by atoms with E-state index >= 15 is 0 Å². The molecule has 0 saturated carbocycles. The van der Waals surface area contributed by atoms with Crippen LogP contribution in [0.15, 0.2) is 24.3 Å². The lowest BCUT2D eigenvalue weighted by Crippen LogP contribution is -2.43. The van der Waals surface area contributed by atoms with Crippen molar-refractivity contribution in [3.63, 3.8) is 0 Å². The van der Waals surface area contributed by atoms with E-state index in [1.807, 2.05) is 32.0 Å². The fourth-order valence-corrected chi connectivity index (χ4v) is 3.31. The van der Waals surface area contributed by atoms with Crippen molar-refractivity contribution in [1.29, 1.82) is 0 Å². The molecule has 0 aromatic heterocycles. The van der Waals surface area contributed by atoms with Gasteiger partial charge in [0.15, 0.2) is 11.6 Å². The lowest BCUT2D eigenvalue weighted by molar-refractivity contribution is -0.129. The van der Waals surface area contributed by atoms with Gasteiger partial charge in [-0.25, -0.2) is 0 Å². The zero-order chi connectivity index (χ0) is 23.5. The average molecular weight is 465 g/mol. The van der Waals surface area contributed by atoms with Crippen LogP contribution in [0.25, 0.3) is 0 Å². The Morgan fingerprint density at radius 2 is 1.60 bits per heavy atom. The van der Waals surface area contributed by atoms with Crippen LogP contribution in [0.2, 0.25) is 0 Å². The van der Waals surface area contributed by atoms with E-state index in [0.29, 0.717) is 12.0 Å². The number of carbonyl (C=O) groups excluding carboxylic acids is 2. The molecule has 0 fully saturated rings. The second kappa shape index (κ2) is 13.2. The molecule has 8 nitrogen and oxygen atoms in total. The van der Waals surface area contributed by atoms with Crippen molar-refractivity contribution >= 4 is 34.3 Å². The SMILES string of the molecule is CC.COS(=O)OC(C)(C)C(C)=O.COS(=O)OC1(C)CCc2ccccc2C1=O. The van der Waals surface area contributed by atoms with Gasteiger partial charge in [0, 0.05) is 5.56 Å². The van der Waals surface area contributed by atoms with Gasteiger partial charge in [0.2, 0.25) is 0 Å². The molecule has 30 heavy (non-hydrogen) atoms. The third-order valence-electron chi connectivity index (χ3n) is 4.26. The highest BCUT2D eigenvalue weighted by atomic mass is 32.2. The van der Waals surface area contributed by atoms with Gasteiger partial charge < -0.3 is 0 Å². The first-order chi connectivity index (χ1) is 14.0. The minimum atomic E-state index is -1.88. The normalized spacial score (nSPS) is 19.9. The molecule has 172 valence electrons. The van der Waals surface area contributed by atoms with Gasteiger partial charge in [-0.2, -0.15) is 8.42 Å². The van der Waals surface area contributed by atoms with Crippen molar-refractivity contribution in [2.45, 2.75) is 65.6 Å². The Bertz CT molecular complexity index is 763. The number of Topliss-reactive ketones (excluding diaryl/α,β-unsaturated/α-hetero) is 2. The maximum atomic E-state index is 12.3. The van der Waals surface area contributed by atoms with E-state index < -0.39 is 33.9 Å².